The molecule has 0 radical (unpaired) electrons. The molecule has 2 aromatic carbocycles. The van der Waals surface area contributed by atoms with Crippen molar-refractivity contribution in [1.29, 1.82) is 10.5 Å². The van der Waals surface area contributed by atoms with E-state index in [9.17, 15) is 20.1 Å². The molecule has 28 heavy (non-hydrogen) atoms. The molecule has 0 aliphatic carbocycles. The van der Waals surface area contributed by atoms with Gasteiger partial charge in [-0.25, -0.2) is 4.90 Å². The Morgan fingerprint density at radius 1 is 1.00 bits per heavy atom. The number of rotatable bonds is 3. The van der Waals surface area contributed by atoms with Crippen LogP contribution in [0.15, 0.2) is 54.6 Å². The van der Waals surface area contributed by atoms with E-state index in [1.807, 2.05) is 12.1 Å². The highest BCUT2D eigenvalue weighted by Gasteiger charge is 2.68. The van der Waals surface area contributed by atoms with Crippen molar-refractivity contribution in [3.63, 3.8) is 0 Å². The fourth-order valence-corrected chi connectivity index (χ4v) is 3.89. The molecule has 138 valence electrons. The van der Waals surface area contributed by atoms with E-state index >= 15 is 0 Å². The third-order valence-electron chi connectivity index (χ3n) is 5.22. The Kier molecular flexibility index (Phi) is 4.11. The van der Waals surface area contributed by atoms with Crippen molar-refractivity contribution < 1.29 is 19.1 Å². The lowest BCUT2D eigenvalue weighted by atomic mass is 9.81. The Morgan fingerprint density at radius 3 is 2.21 bits per heavy atom. The van der Waals surface area contributed by atoms with E-state index in [1.54, 1.807) is 54.6 Å². The Labute approximate surface area is 161 Å². The summed E-state index contributed by atoms with van der Waals surface area (Å²) in [5, 5.41) is 19.3. The van der Waals surface area contributed by atoms with Crippen LogP contribution in [0.5, 0.6) is 5.75 Å². The molecule has 2 aliphatic rings. The number of hydrogen-bond acceptors (Lipinski definition) is 6. The van der Waals surface area contributed by atoms with Gasteiger partial charge in [0, 0.05) is 0 Å². The number of ether oxygens (including phenoxy) is 2. The second kappa shape index (κ2) is 6.49. The number of nitrogens with zero attached hydrogens (tertiary/aromatic N) is 3. The molecule has 7 nitrogen and oxygen atoms in total. The van der Waals surface area contributed by atoms with Gasteiger partial charge < -0.3 is 9.47 Å². The van der Waals surface area contributed by atoms with E-state index in [0.29, 0.717) is 17.0 Å². The van der Waals surface area contributed by atoms with Crippen LogP contribution >= 0.6 is 0 Å². The Bertz CT molecular complexity index is 1010. The summed E-state index contributed by atoms with van der Waals surface area (Å²) in [4.78, 5) is 27.4. The molecular weight excluding hydrogens is 358 g/mol. The van der Waals surface area contributed by atoms with Crippen molar-refractivity contribution in [2.45, 2.75) is 11.7 Å². The van der Waals surface area contributed by atoms with Gasteiger partial charge in [0.05, 0.1) is 24.8 Å². The third-order valence-corrected chi connectivity index (χ3v) is 5.22. The van der Waals surface area contributed by atoms with Crippen LogP contribution in [0.4, 0.5) is 5.69 Å². The molecule has 3 atom stereocenters. The van der Waals surface area contributed by atoms with Gasteiger partial charge in [-0.05, 0) is 29.8 Å². The van der Waals surface area contributed by atoms with Crippen molar-refractivity contribution in [1.82, 2.24) is 0 Å². The molecule has 0 aromatic heterocycles. The zero-order valence-corrected chi connectivity index (χ0v) is 14.9. The number of anilines is 1. The maximum absolute atomic E-state index is 13.2. The number of nitriles is 2. The summed E-state index contributed by atoms with van der Waals surface area (Å²) in [7, 11) is 1.53. The lowest BCUT2D eigenvalue weighted by molar-refractivity contribution is -0.126. The molecule has 4 rings (SSSR count). The minimum atomic E-state index is -2.02. The number of imide groups is 1. The molecule has 0 saturated carbocycles. The highest BCUT2D eigenvalue weighted by atomic mass is 16.5. The topological polar surface area (TPSA) is 103 Å². The van der Waals surface area contributed by atoms with Crippen LogP contribution in [0.3, 0.4) is 0 Å². The first kappa shape index (κ1) is 17.7. The Hall–Kier alpha value is -3.68. The second-order valence-electron chi connectivity index (χ2n) is 6.62. The zero-order valence-electron chi connectivity index (χ0n) is 14.9. The summed E-state index contributed by atoms with van der Waals surface area (Å²) >= 11 is 0. The number of hydrogen-bond donors (Lipinski definition) is 0. The van der Waals surface area contributed by atoms with Crippen LogP contribution in [-0.2, 0) is 14.3 Å². The molecule has 0 N–H and O–H groups in total. The van der Waals surface area contributed by atoms with Crippen molar-refractivity contribution in [2.75, 3.05) is 12.0 Å². The lowest BCUT2D eigenvalue weighted by Crippen LogP contribution is -2.40. The maximum Gasteiger partial charge on any atom is 0.254 e. The first-order valence-corrected chi connectivity index (χ1v) is 8.63. The molecule has 0 spiro atoms. The average Bonchev–Trinajstić information content (AvgIpc) is 3.23. The monoisotopic (exact) mass is 373 g/mol. The van der Waals surface area contributed by atoms with Crippen LogP contribution in [0.2, 0.25) is 0 Å². The van der Waals surface area contributed by atoms with Gasteiger partial charge in [-0.15, -0.1) is 0 Å². The van der Waals surface area contributed by atoms with Crippen LogP contribution < -0.4 is 9.64 Å². The number of benzene rings is 2. The number of fused-ring (bicyclic) bond motifs is 1. The molecule has 2 saturated heterocycles. The Morgan fingerprint density at radius 2 is 1.64 bits per heavy atom. The normalized spacial score (nSPS) is 25.1. The quantitative estimate of drug-likeness (QED) is 0.765. The van der Waals surface area contributed by atoms with Gasteiger partial charge >= 0.3 is 0 Å². The van der Waals surface area contributed by atoms with E-state index in [4.69, 9.17) is 9.47 Å². The van der Waals surface area contributed by atoms with E-state index in [2.05, 4.69) is 0 Å². The fraction of sp³-hybridized carbons (Fsp3) is 0.238. The average molecular weight is 373 g/mol. The molecule has 2 amide bonds. The predicted molar refractivity (Wildman–Crippen MR) is 96.7 cm³/mol. The van der Waals surface area contributed by atoms with Crippen LogP contribution in [0.25, 0.3) is 0 Å². The van der Waals surface area contributed by atoms with Crippen LogP contribution in [0, 0.1) is 34.5 Å². The van der Waals surface area contributed by atoms with Gasteiger partial charge in [0.2, 0.25) is 11.8 Å². The summed E-state index contributed by atoms with van der Waals surface area (Å²) in [6.07, 6.45) is -0.889. The number of amides is 2. The number of carbonyl (C=O) groups is 2. The summed E-state index contributed by atoms with van der Waals surface area (Å²) in [5.74, 6) is -2.61. The van der Waals surface area contributed by atoms with Gasteiger partial charge in [0.1, 0.15) is 23.8 Å². The second-order valence-corrected chi connectivity index (χ2v) is 6.62. The first-order valence-electron chi connectivity index (χ1n) is 8.63. The maximum atomic E-state index is 13.2. The van der Waals surface area contributed by atoms with Gasteiger partial charge in [-0.2, -0.15) is 10.5 Å². The highest BCUT2D eigenvalue weighted by molar-refractivity contribution is 6.23. The first-order chi connectivity index (χ1) is 13.6. The van der Waals surface area contributed by atoms with Crippen LogP contribution in [-0.4, -0.2) is 24.5 Å². The summed E-state index contributed by atoms with van der Waals surface area (Å²) < 4.78 is 10.9. The summed E-state index contributed by atoms with van der Waals surface area (Å²) in [6.45, 7) is 0. The molecule has 2 aromatic rings. The van der Waals surface area contributed by atoms with Gasteiger partial charge in [-0.1, -0.05) is 30.3 Å². The molecule has 0 bridgehead atoms. The largest absolute Gasteiger partial charge is 0.497 e. The van der Waals surface area contributed by atoms with Crippen molar-refractivity contribution in [3.05, 3.63) is 60.2 Å². The third kappa shape index (κ3) is 2.38. The van der Waals surface area contributed by atoms with E-state index in [0.717, 1.165) is 4.90 Å². The van der Waals surface area contributed by atoms with Crippen molar-refractivity contribution >= 4 is 17.5 Å². The molecule has 0 unspecified atom stereocenters. The molecule has 7 heteroatoms. The smallest absolute Gasteiger partial charge is 0.254 e. The van der Waals surface area contributed by atoms with Gasteiger partial charge in [-0.3, -0.25) is 9.59 Å². The number of para-hydroxylation sites is 1. The SMILES string of the molecule is COc1ccc([C@@H]2OC(C#N)(C#N)[C@H]3C(=O)N(c4ccccc4)C(=O)[C@@H]23)cc1. The molecule has 2 aliphatic heterocycles. The minimum absolute atomic E-state index is 0.408. The van der Waals surface area contributed by atoms with Gasteiger partial charge in [0.15, 0.2) is 0 Å². The van der Waals surface area contributed by atoms with E-state index in [1.165, 1.54) is 7.11 Å². The van der Waals surface area contributed by atoms with E-state index in [-0.39, 0.29) is 0 Å². The fourth-order valence-electron chi connectivity index (χ4n) is 3.89. The molecule has 2 heterocycles. The standard InChI is InChI=1S/C21H15N3O4/c1-27-15-9-7-13(8-10-15)18-16-17(21(11-22,12-23)28-18)20(26)24(19(16)25)14-5-3-2-4-6-14/h2-10,16-18H,1H3/t16-,17-,18+/m1/s1. The predicted octanol–water partition coefficient (Wildman–Crippen LogP) is 2.36. The lowest BCUT2D eigenvalue weighted by Gasteiger charge is -2.23. The zero-order chi connectivity index (χ0) is 19.9. The summed E-state index contributed by atoms with van der Waals surface area (Å²) in [6, 6.07) is 18.9. The van der Waals surface area contributed by atoms with Gasteiger partial charge in [0.25, 0.3) is 5.60 Å². The Balaban J connectivity index is 1.82. The summed E-state index contributed by atoms with van der Waals surface area (Å²) in [5.41, 5.74) is -1.02. The van der Waals surface area contributed by atoms with E-state index < -0.39 is 35.4 Å². The number of methoxy groups -OCH3 is 1. The molecular formula is C21H15N3O4. The molecule has 2 fully saturated rings. The highest BCUT2D eigenvalue weighted by Crippen LogP contribution is 2.53. The van der Waals surface area contributed by atoms with Crippen molar-refractivity contribution in [2.24, 2.45) is 11.8 Å². The minimum Gasteiger partial charge on any atom is -0.497 e. The number of carbonyl (C=O) groups excluding carboxylic acids is 2. The van der Waals surface area contributed by atoms with Crippen molar-refractivity contribution in [3.8, 4) is 17.9 Å². The van der Waals surface area contributed by atoms with Crippen LogP contribution in [0.1, 0.15) is 11.7 Å².